The molecule has 0 spiro atoms. The first-order chi connectivity index (χ1) is 11.6. The summed E-state index contributed by atoms with van der Waals surface area (Å²) in [7, 11) is 0. The second-order valence-electron chi connectivity index (χ2n) is 5.40. The first-order valence-electron chi connectivity index (χ1n) is 7.65. The van der Waals surface area contributed by atoms with E-state index in [1.165, 1.54) is 0 Å². The summed E-state index contributed by atoms with van der Waals surface area (Å²) in [5.41, 5.74) is 1.92. The molecule has 122 valence electrons. The van der Waals surface area contributed by atoms with Gasteiger partial charge in [-0.1, -0.05) is 41.9 Å². The third-order valence-electron chi connectivity index (χ3n) is 3.52. The Bertz CT molecular complexity index is 828. The zero-order valence-electron chi connectivity index (χ0n) is 13.2. The molecule has 0 radical (unpaired) electrons. The highest BCUT2D eigenvalue weighted by Crippen LogP contribution is 2.15. The third-order valence-corrected chi connectivity index (χ3v) is 3.77. The molecule has 3 aromatic rings. The molecule has 0 saturated carbocycles. The molecular weight excluding hydrogens is 324 g/mol. The van der Waals surface area contributed by atoms with Crippen LogP contribution in [-0.2, 0) is 11.2 Å². The predicted molar refractivity (Wildman–Crippen MR) is 94.5 cm³/mol. The fraction of sp³-hybridized carbons (Fsp3) is 0.167. The molecule has 1 N–H and O–H groups in total. The number of hydrogen-bond donors (Lipinski definition) is 1. The maximum Gasteiger partial charge on any atom is 0.233 e. The van der Waals surface area contributed by atoms with Crippen molar-refractivity contribution in [2.45, 2.75) is 19.8 Å². The Morgan fingerprint density at radius 2 is 1.83 bits per heavy atom. The predicted octanol–water partition coefficient (Wildman–Crippen LogP) is 3.80. The van der Waals surface area contributed by atoms with E-state index in [4.69, 9.17) is 11.6 Å². The molecule has 1 heterocycles. The van der Waals surface area contributed by atoms with Crippen molar-refractivity contribution in [2.75, 3.05) is 5.32 Å². The van der Waals surface area contributed by atoms with Crippen molar-refractivity contribution in [3.05, 3.63) is 71.0 Å². The van der Waals surface area contributed by atoms with Gasteiger partial charge in [0.25, 0.3) is 0 Å². The zero-order valence-corrected chi connectivity index (χ0v) is 14.0. The van der Waals surface area contributed by atoms with E-state index in [0.717, 1.165) is 11.3 Å². The normalized spacial score (nSPS) is 10.6. The van der Waals surface area contributed by atoms with Crippen LogP contribution >= 0.6 is 11.6 Å². The molecule has 5 nitrogen and oxygen atoms in total. The molecule has 24 heavy (non-hydrogen) atoms. The number of aromatic nitrogens is 3. The molecule has 0 aliphatic rings. The quantitative estimate of drug-likeness (QED) is 0.768. The van der Waals surface area contributed by atoms with Gasteiger partial charge in [0.05, 0.1) is 5.69 Å². The molecule has 1 amide bonds. The van der Waals surface area contributed by atoms with E-state index >= 15 is 0 Å². The Balaban J connectivity index is 1.67. The van der Waals surface area contributed by atoms with Gasteiger partial charge in [-0.3, -0.25) is 10.1 Å². The Morgan fingerprint density at radius 1 is 1.12 bits per heavy atom. The summed E-state index contributed by atoms with van der Waals surface area (Å²) in [6.07, 6.45) is 1.00. The molecule has 1 aromatic heterocycles. The van der Waals surface area contributed by atoms with Crippen LogP contribution in [-0.4, -0.2) is 20.7 Å². The lowest BCUT2D eigenvalue weighted by Crippen LogP contribution is -2.16. The van der Waals surface area contributed by atoms with E-state index in [2.05, 4.69) is 15.4 Å². The number of carbonyl (C=O) groups excluding carboxylic acids is 1. The standard InChI is InChI=1S/C18H17ClN4O/c1-13-20-18(23(22-13)16-5-3-2-4-6-16)21-17(24)12-9-14-7-10-15(19)11-8-14/h2-8,10-11H,9,12H2,1H3,(H,20,21,22,24). The topological polar surface area (TPSA) is 59.8 Å². The fourth-order valence-corrected chi connectivity index (χ4v) is 2.47. The van der Waals surface area contributed by atoms with Crippen molar-refractivity contribution in [2.24, 2.45) is 0 Å². The lowest BCUT2D eigenvalue weighted by Gasteiger charge is -2.07. The summed E-state index contributed by atoms with van der Waals surface area (Å²) >= 11 is 5.86. The molecule has 0 bridgehead atoms. The van der Waals surface area contributed by atoms with Crippen molar-refractivity contribution >= 4 is 23.5 Å². The average molecular weight is 341 g/mol. The maximum atomic E-state index is 12.2. The summed E-state index contributed by atoms with van der Waals surface area (Å²) in [5, 5.41) is 7.86. The SMILES string of the molecule is Cc1nc(NC(=O)CCc2ccc(Cl)cc2)n(-c2ccccc2)n1. The Morgan fingerprint density at radius 3 is 2.54 bits per heavy atom. The lowest BCUT2D eigenvalue weighted by molar-refractivity contribution is -0.116. The van der Waals surface area contributed by atoms with Crippen molar-refractivity contribution in [1.82, 2.24) is 14.8 Å². The second-order valence-corrected chi connectivity index (χ2v) is 5.84. The molecular formula is C18H17ClN4O. The van der Waals surface area contributed by atoms with Crippen molar-refractivity contribution in [1.29, 1.82) is 0 Å². The molecule has 0 saturated heterocycles. The summed E-state index contributed by atoms with van der Waals surface area (Å²) in [5.74, 6) is 0.932. The zero-order chi connectivity index (χ0) is 16.9. The molecule has 0 fully saturated rings. The number of rotatable bonds is 5. The number of carbonyl (C=O) groups is 1. The monoisotopic (exact) mass is 340 g/mol. The van der Waals surface area contributed by atoms with E-state index in [-0.39, 0.29) is 5.91 Å². The van der Waals surface area contributed by atoms with Crippen LogP contribution in [0, 0.1) is 6.92 Å². The van der Waals surface area contributed by atoms with Crippen LogP contribution in [0.25, 0.3) is 5.69 Å². The number of halogens is 1. The molecule has 0 atom stereocenters. The van der Waals surface area contributed by atoms with Crippen LogP contribution in [0.3, 0.4) is 0 Å². The minimum atomic E-state index is -0.102. The molecule has 6 heteroatoms. The minimum absolute atomic E-state index is 0.102. The van der Waals surface area contributed by atoms with Gasteiger partial charge in [-0.05, 0) is 43.2 Å². The van der Waals surface area contributed by atoms with Crippen LogP contribution in [0.1, 0.15) is 17.8 Å². The molecule has 0 aliphatic carbocycles. The number of nitrogens with one attached hydrogen (secondary N) is 1. The first kappa shape index (κ1) is 16.2. The van der Waals surface area contributed by atoms with Crippen molar-refractivity contribution < 1.29 is 4.79 Å². The van der Waals surface area contributed by atoms with Gasteiger partial charge in [-0.15, -0.1) is 5.10 Å². The third kappa shape index (κ3) is 4.00. The van der Waals surface area contributed by atoms with E-state index in [1.807, 2.05) is 54.6 Å². The van der Waals surface area contributed by atoms with E-state index in [1.54, 1.807) is 11.6 Å². The van der Waals surface area contributed by atoms with Gasteiger partial charge in [0, 0.05) is 11.4 Å². The maximum absolute atomic E-state index is 12.2. The number of para-hydroxylation sites is 1. The van der Waals surface area contributed by atoms with Crippen LogP contribution in [0.15, 0.2) is 54.6 Å². The number of nitrogens with zero attached hydrogens (tertiary/aromatic N) is 3. The number of anilines is 1. The summed E-state index contributed by atoms with van der Waals surface area (Å²) in [4.78, 5) is 16.5. The molecule has 2 aromatic carbocycles. The Hall–Kier alpha value is -2.66. The van der Waals surface area contributed by atoms with Crippen LogP contribution in [0.5, 0.6) is 0 Å². The number of aryl methyl sites for hydroxylation is 2. The van der Waals surface area contributed by atoms with Gasteiger partial charge < -0.3 is 0 Å². The first-order valence-corrected chi connectivity index (χ1v) is 8.03. The van der Waals surface area contributed by atoms with Gasteiger partial charge >= 0.3 is 0 Å². The Kier molecular flexibility index (Phi) is 4.91. The van der Waals surface area contributed by atoms with Crippen molar-refractivity contribution in [3.8, 4) is 5.69 Å². The summed E-state index contributed by atoms with van der Waals surface area (Å²) in [6.45, 7) is 1.79. The minimum Gasteiger partial charge on any atom is -0.294 e. The van der Waals surface area contributed by atoms with E-state index < -0.39 is 0 Å². The second kappa shape index (κ2) is 7.27. The van der Waals surface area contributed by atoms with Gasteiger partial charge in [0.2, 0.25) is 11.9 Å². The van der Waals surface area contributed by atoms with Gasteiger partial charge in [-0.2, -0.15) is 9.67 Å². The number of hydrogen-bond acceptors (Lipinski definition) is 3. The molecule has 3 rings (SSSR count). The fourth-order valence-electron chi connectivity index (χ4n) is 2.34. The Labute approximate surface area is 145 Å². The lowest BCUT2D eigenvalue weighted by atomic mass is 10.1. The van der Waals surface area contributed by atoms with E-state index in [9.17, 15) is 4.79 Å². The van der Waals surface area contributed by atoms with Crippen LogP contribution in [0.4, 0.5) is 5.95 Å². The summed E-state index contributed by atoms with van der Waals surface area (Å²) < 4.78 is 1.63. The number of amides is 1. The van der Waals surface area contributed by atoms with E-state index in [0.29, 0.717) is 29.6 Å². The van der Waals surface area contributed by atoms with Crippen LogP contribution in [0.2, 0.25) is 5.02 Å². The average Bonchev–Trinajstić information content (AvgIpc) is 2.95. The molecule has 0 aliphatic heterocycles. The van der Waals surface area contributed by atoms with Gasteiger partial charge in [0.1, 0.15) is 5.82 Å². The van der Waals surface area contributed by atoms with Crippen LogP contribution < -0.4 is 5.32 Å². The highest BCUT2D eigenvalue weighted by molar-refractivity contribution is 6.30. The highest BCUT2D eigenvalue weighted by Gasteiger charge is 2.12. The largest absolute Gasteiger partial charge is 0.294 e. The highest BCUT2D eigenvalue weighted by atomic mass is 35.5. The van der Waals surface area contributed by atoms with Gasteiger partial charge in [-0.25, -0.2) is 0 Å². The smallest absolute Gasteiger partial charge is 0.233 e. The number of benzene rings is 2. The summed E-state index contributed by atoms with van der Waals surface area (Å²) in [6, 6.07) is 17.1. The molecule has 0 unspecified atom stereocenters. The van der Waals surface area contributed by atoms with Crippen molar-refractivity contribution in [3.63, 3.8) is 0 Å². The van der Waals surface area contributed by atoms with Gasteiger partial charge in [0.15, 0.2) is 0 Å².